The van der Waals surface area contributed by atoms with Crippen LogP contribution in [0.2, 0.25) is 0 Å². The smallest absolute Gasteiger partial charge is 0.191 e. The molecule has 1 fully saturated rings. The van der Waals surface area contributed by atoms with Crippen molar-refractivity contribution < 1.29 is 0 Å². The Kier molecular flexibility index (Phi) is 10.8. The minimum atomic E-state index is 0. The van der Waals surface area contributed by atoms with Gasteiger partial charge in [-0.1, -0.05) is 6.92 Å². The number of likely N-dealkylation sites (tertiary alicyclic amines) is 1. The molecule has 1 atom stereocenters. The van der Waals surface area contributed by atoms with Gasteiger partial charge in [-0.05, 0) is 52.1 Å². The van der Waals surface area contributed by atoms with E-state index in [0.29, 0.717) is 6.04 Å². The summed E-state index contributed by atoms with van der Waals surface area (Å²) in [5, 5.41) is 10.3. The molecule has 0 amide bonds. The first-order valence-corrected chi connectivity index (χ1v) is 9.70. The van der Waals surface area contributed by atoms with E-state index >= 15 is 0 Å². The van der Waals surface area contributed by atoms with E-state index in [9.17, 15) is 0 Å². The summed E-state index contributed by atoms with van der Waals surface area (Å²) < 4.78 is 0. The van der Waals surface area contributed by atoms with Crippen LogP contribution in [0, 0.1) is 6.92 Å². The molecule has 0 aliphatic carbocycles. The van der Waals surface area contributed by atoms with E-state index in [1.807, 2.05) is 7.05 Å². The second-order valence-electron chi connectivity index (χ2n) is 6.14. The van der Waals surface area contributed by atoms with E-state index in [4.69, 9.17) is 0 Å². The molecule has 1 aromatic heterocycles. The van der Waals surface area contributed by atoms with Crippen molar-refractivity contribution in [2.75, 3.05) is 33.2 Å². The fourth-order valence-corrected chi connectivity index (χ4v) is 3.92. The van der Waals surface area contributed by atoms with Crippen LogP contribution in [0.25, 0.3) is 0 Å². The molecule has 1 aliphatic heterocycles. The zero-order valence-electron chi connectivity index (χ0n) is 15.2. The van der Waals surface area contributed by atoms with Gasteiger partial charge in [0, 0.05) is 37.3 Å². The summed E-state index contributed by atoms with van der Waals surface area (Å²) in [4.78, 5) is 11.4. The van der Waals surface area contributed by atoms with Crippen molar-refractivity contribution >= 4 is 41.3 Å². The first-order chi connectivity index (χ1) is 11.2. The molecule has 7 heteroatoms. The molecule has 2 heterocycles. The molecule has 0 aromatic carbocycles. The molecular formula is C17H32IN5S. The number of rotatable bonds is 8. The highest BCUT2D eigenvalue weighted by atomic mass is 127. The van der Waals surface area contributed by atoms with Gasteiger partial charge in [-0.2, -0.15) is 0 Å². The molecule has 0 bridgehead atoms. The van der Waals surface area contributed by atoms with Crippen LogP contribution in [0.4, 0.5) is 0 Å². The number of hydrogen-bond donors (Lipinski definition) is 2. The zero-order chi connectivity index (χ0) is 16.5. The number of aryl methyl sites for hydroxylation is 2. The molecule has 5 nitrogen and oxygen atoms in total. The van der Waals surface area contributed by atoms with Crippen LogP contribution >= 0.6 is 35.3 Å². The van der Waals surface area contributed by atoms with Gasteiger partial charge in [0.25, 0.3) is 0 Å². The minimum Gasteiger partial charge on any atom is -0.356 e. The lowest BCUT2D eigenvalue weighted by Crippen LogP contribution is -2.45. The Morgan fingerprint density at radius 3 is 2.92 bits per heavy atom. The lowest BCUT2D eigenvalue weighted by atomic mass is 10.2. The first-order valence-electron chi connectivity index (χ1n) is 8.82. The van der Waals surface area contributed by atoms with Crippen LogP contribution in [0.3, 0.4) is 0 Å². The molecule has 2 rings (SSSR count). The third kappa shape index (κ3) is 7.23. The topological polar surface area (TPSA) is 52.5 Å². The Bertz CT molecular complexity index is 491. The Morgan fingerprint density at radius 2 is 2.25 bits per heavy atom. The van der Waals surface area contributed by atoms with Gasteiger partial charge >= 0.3 is 0 Å². The van der Waals surface area contributed by atoms with Crippen LogP contribution in [0.15, 0.2) is 10.4 Å². The van der Waals surface area contributed by atoms with Crippen LogP contribution < -0.4 is 10.6 Å². The van der Waals surface area contributed by atoms with E-state index in [-0.39, 0.29) is 24.0 Å². The van der Waals surface area contributed by atoms with Gasteiger partial charge in [0.2, 0.25) is 0 Å². The van der Waals surface area contributed by atoms with E-state index in [1.165, 1.54) is 30.8 Å². The van der Waals surface area contributed by atoms with Gasteiger partial charge in [-0.15, -0.1) is 35.3 Å². The maximum atomic E-state index is 4.51. The first kappa shape index (κ1) is 21.6. The van der Waals surface area contributed by atoms with Crippen molar-refractivity contribution in [3.8, 4) is 0 Å². The number of unbranched alkanes of at least 4 members (excludes halogenated alkanes) is 1. The lowest BCUT2D eigenvalue weighted by molar-refractivity contribution is 0.267. The van der Waals surface area contributed by atoms with Crippen molar-refractivity contribution in [3.63, 3.8) is 0 Å². The summed E-state index contributed by atoms with van der Waals surface area (Å²) in [6.07, 6.45) is 6.01. The maximum absolute atomic E-state index is 4.51. The molecule has 2 N–H and O–H groups in total. The molecule has 138 valence electrons. The minimum absolute atomic E-state index is 0. The van der Waals surface area contributed by atoms with Gasteiger partial charge in [0.05, 0.1) is 5.01 Å². The molecule has 0 radical (unpaired) electrons. The van der Waals surface area contributed by atoms with E-state index < -0.39 is 0 Å². The largest absolute Gasteiger partial charge is 0.356 e. The number of aromatic nitrogens is 1. The average Bonchev–Trinajstić information content (AvgIpc) is 3.18. The number of guanidine groups is 1. The molecule has 24 heavy (non-hydrogen) atoms. The molecular weight excluding hydrogens is 433 g/mol. The highest BCUT2D eigenvalue weighted by Gasteiger charge is 2.22. The number of hydrogen-bond acceptors (Lipinski definition) is 4. The van der Waals surface area contributed by atoms with Crippen LogP contribution in [0.1, 0.15) is 43.3 Å². The Hall–Kier alpha value is -0.410. The van der Waals surface area contributed by atoms with E-state index in [1.54, 1.807) is 11.3 Å². The van der Waals surface area contributed by atoms with Crippen LogP contribution in [0.5, 0.6) is 0 Å². The summed E-state index contributed by atoms with van der Waals surface area (Å²) in [6.45, 7) is 8.65. The third-order valence-corrected chi connectivity index (χ3v) is 5.44. The van der Waals surface area contributed by atoms with Crippen molar-refractivity contribution in [1.29, 1.82) is 0 Å². The second-order valence-corrected chi connectivity index (χ2v) is 7.09. The number of thiazole rings is 1. The fraction of sp³-hybridized carbons (Fsp3) is 0.765. The average molecular weight is 465 g/mol. The normalized spacial score (nSPS) is 18.5. The van der Waals surface area contributed by atoms with Gasteiger partial charge in [0.1, 0.15) is 0 Å². The van der Waals surface area contributed by atoms with Crippen molar-refractivity contribution in [3.05, 3.63) is 16.1 Å². The zero-order valence-corrected chi connectivity index (χ0v) is 18.3. The predicted molar refractivity (Wildman–Crippen MR) is 115 cm³/mol. The monoisotopic (exact) mass is 465 g/mol. The number of likely N-dealkylation sites (N-methyl/N-ethyl adjacent to an activating group) is 1. The predicted octanol–water partition coefficient (Wildman–Crippen LogP) is 3.04. The number of aliphatic imine (C=N–C) groups is 1. The Balaban J connectivity index is 0.00000288. The summed E-state index contributed by atoms with van der Waals surface area (Å²) in [7, 11) is 1.85. The fourth-order valence-electron chi connectivity index (χ4n) is 3.10. The van der Waals surface area contributed by atoms with Crippen molar-refractivity contribution in [2.45, 2.75) is 52.0 Å². The summed E-state index contributed by atoms with van der Waals surface area (Å²) in [6, 6.07) is 0.659. The molecule has 1 aliphatic rings. The number of nitrogens with one attached hydrogen (secondary N) is 2. The van der Waals surface area contributed by atoms with Crippen molar-refractivity contribution in [2.24, 2.45) is 4.99 Å². The van der Waals surface area contributed by atoms with Gasteiger partial charge in [0.15, 0.2) is 5.96 Å². The van der Waals surface area contributed by atoms with Crippen LogP contribution in [-0.2, 0) is 6.42 Å². The number of nitrogens with zero attached hydrogens (tertiary/aromatic N) is 3. The molecule has 1 aromatic rings. The van der Waals surface area contributed by atoms with Crippen molar-refractivity contribution in [1.82, 2.24) is 20.5 Å². The van der Waals surface area contributed by atoms with Crippen LogP contribution in [-0.4, -0.2) is 55.1 Å². The number of halogens is 1. The summed E-state index contributed by atoms with van der Waals surface area (Å²) in [5.41, 5.74) is 1.14. The quantitative estimate of drug-likeness (QED) is 0.268. The molecule has 0 saturated carbocycles. The highest BCUT2D eigenvalue weighted by molar-refractivity contribution is 14.0. The second kappa shape index (κ2) is 12.0. The van der Waals surface area contributed by atoms with Gasteiger partial charge in [-0.3, -0.25) is 9.89 Å². The van der Waals surface area contributed by atoms with Gasteiger partial charge in [-0.25, -0.2) is 4.98 Å². The molecule has 1 saturated heterocycles. The summed E-state index contributed by atoms with van der Waals surface area (Å²) >= 11 is 1.77. The lowest BCUT2D eigenvalue weighted by Gasteiger charge is -2.23. The van der Waals surface area contributed by atoms with Gasteiger partial charge < -0.3 is 10.6 Å². The third-order valence-electron chi connectivity index (χ3n) is 4.41. The molecule has 0 spiro atoms. The van der Waals surface area contributed by atoms with E-state index in [2.05, 4.69) is 44.7 Å². The standard InChI is InChI=1S/C17H31N5S.HI/c1-4-22-11-7-8-15(22)12-20-17(18-3)19-10-6-5-9-16-21-14(2)13-23-16;/h13,15H,4-12H2,1-3H3,(H2,18,19,20);1H. The maximum Gasteiger partial charge on any atom is 0.191 e. The van der Waals surface area contributed by atoms with E-state index in [0.717, 1.165) is 44.1 Å². The Morgan fingerprint density at radius 1 is 1.42 bits per heavy atom. The highest BCUT2D eigenvalue weighted by Crippen LogP contribution is 2.15. The Labute approximate surface area is 167 Å². The SMILES string of the molecule is CCN1CCCC1CNC(=NC)NCCCCc1nc(C)cs1.I. The molecule has 1 unspecified atom stereocenters. The summed E-state index contributed by atoms with van der Waals surface area (Å²) in [5.74, 6) is 0.929.